The molecule has 4 rings (SSSR count). The molecule has 3 heterocycles. The highest BCUT2D eigenvalue weighted by molar-refractivity contribution is 6.30. The van der Waals surface area contributed by atoms with Gasteiger partial charge in [0.05, 0.1) is 17.1 Å². The minimum atomic E-state index is -0.530. The van der Waals surface area contributed by atoms with Crippen molar-refractivity contribution in [2.24, 2.45) is 4.99 Å². The largest absolute Gasteiger partial charge is 0.379 e. The predicted molar refractivity (Wildman–Crippen MR) is 129 cm³/mol. The van der Waals surface area contributed by atoms with Gasteiger partial charge in [-0.1, -0.05) is 17.7 Å². The molecule has 0 saturated carbocycles. The van der Waals surface area contributed by atoms with Gasteiger partial charge in [-0.25, -0.2) is 4.98 Å². The fourth-order valence-electron chi connectivity index (χ4n) is 3.59. The number of hydrogen-bond donors (Lipinski definition) is 0. The molecule has 0 fully saturated rings. The highest BCUT2D eigenvalue weighted by atomic mass is 35.5. The summed E-state index contributed by atoms with van der Waals surface area (Å²) in [5, 5.41) is 10.6. The number of carbonyl (C=O) groups is 1. The summed E-state index contributed by atoms with van der Waals surface area (Å²) in [5.41, 5.74) is 1.07. The lowest BCUT2D eigenvalue weighted by Gasteiger charge is -2.14. The molecule has 0 atom stereocenters. The van der Waals surface area contributed by atoms with Crippen LogP contribution in [0, 0.1) is 11.3 Å². The third-order valence-electron chi connectivity index (χ3n) is 5.19. The third-order valence-corrected chi connectivity index (χ3v) is 5.44. The standard InChI is InChI=1S/C25H22ClN5O3/c1-16(2)34-13-5-12-31-22(29-24(32)17-7-9-19(26)10-8-17)18(15-27)14-20-23(31)28-21-6-3-4-11-30(21)25(20)33/h3-4,6-11,14,16H,5,12-13H2,1-2H3. The number of amides is 1. The van der Waals surface area contributed by atoms with Gasteiger partial charge in [0.25, 0.3) is 11.5 Å². The molecule has 0 aliphatic carbocycles. The Morgan fingerprint density at radius 3 is 2.71 bits per heavy atom. The molecular formula is C25H22ClN5O3. The van der Waals surface area contributed by atoms with Crippen LogP contribution in [0.25, 0.3) is 16.7 Å². The van der Waals surface area contributed by atoms with Crippen molar-refractivity contribution in [2.75, 3.05) is 6.61 Å². The molecule has 1 aromatic carbocycles. The maximum absolute atomic E-state index is 13.2. The highest BCUT2D eigenvalue weighted by Gasteiger charge is 2.15. The van der Waals surface area contributed by atoms with Crippen LogP contribution in [0.2, 0.25) is 5.02 Å². The summed E-state index contributed by atoms with van der Waals surface area (Å²) < 4.78 is 8.73. The van der Waals surface area contributed by atoms with E-state index in [0.717, 1.165) is 0 Å². The number of aromatic nitrogens is 3. The SMILES string of the molecule is CC(C)OCCCn1c(=NC(=O)c2ccc(Cl)cc2)c(C#N)cc2c(=O)n3ccccc3nc21. The van der Waals surface area contributed by atoms with E-state index in [2.05, 4.69) is 16.0 Å². The monoisotopic (exact) mass is 475 g/mol. The van der Waals surface area contributed by atoms with Gasteiger partial charge in [0.2, 0.25) is 0 Å². The Morgan fingerprint density at radius 1 is 1.24 bits per heavy atom. The van der Waals surface area contributed by atoms with Crippen LogP contribution in [0.15, 0.2) is 64.5 Å². The summed E-state index contributed by atoms with van der Waals surface area (Å²) in [6, 6.07) is 15.1. The Hall–Kier alpha value is -3.80. The zero-order valence-corrected chi connectivity index (χ0v) is 19.5. The number of rotatable bonds is 6. The van der Waals surface area contributed by atoms with E-state index in [-0.39, 0.29) is 28.1 Å². The Bertz CT molecular complexity index is 1550. The number of halogens is 1. The van der Waals surface area contributed by atoms with Crippen molar-refractivity contribution in [1.29, 1.82) is 5.26 Å². The summed E-state index contributed by atoms with van der Waals surface area (Å²) in [6.45, 7) is 4.69. The van der Waals surface area contributed by atoms with Gasteiger partial charge in [0, 0.05) is 29.9 Å². The van der Waals surface area contributed by atoms with Gasteiger partial charge >= 0.3 is 0 Å². The lowest BCUT2D eigenvalue weighted by molar-refractivity contribution is 0.0748. The molecule has 172 valence electrons. The van der Waals surface area contributed by atoms with Crippen LogP contribution < -0.4 is 11.0 Å². The van der Waals surface area contributed by atoms with E-state index in [1.165, 1.54) is 10.5 Å². The topological polar surface area (TPSA) is 102 Å². The van der Waals surface area contributed by atoms with Crippen molar-refractivity contribution < 1.29 is 9.53 Å². The predicted octanol–water partition coefficient (Wildman–Crippen LogP) is 3.73. The second-order valence-corrected chi connectivity index (χ2v) is 8.36. The van der Waals surface area contributed by atoms with E-state index in [1.807, 2.05) is 13.8 Å². The molecule has 0 saturated heterocycles. The first-order valence-corrected chi connectivity index (χ1v) is 11.2. The van der Waals surface area contributed by atoms with Gasteiger partial charge in [-0.2, -0.15) is 10.3 Å². The fourth-order valence-corrected chi connectivity index (χ4v) is 3.71. The quantitative estimate of drug-likeness (QED) is 0.312. The van der Waals surface area contributed by atoms with Crippen molar-refractivity contribution >= 4 is 34.2 Å². The Morgan fingerprint density at radius 2 is 2.00 bits per heavy atom. The summed E-state index contributed by atoms with van der Waals surface area (Å²) >= 11 is 5.93. The van der Waals surface area contributed by atoms with Crippen molar-refractivity contribution in [3.63, 3.8) is 0 Å². The van der Waals surface area contributed by atoms with Crippen molar-refractivity contribution in [2.45, 2.75) is 32.9 Å². The maximum atomic E-state index is 13.2. The van der Waals surface area contributed by atoms with E-state index in [4.69, 9.17) is 16.3 Å². The number of benzene rings is 1. The molecule has 4 aromatic rings. The zero-order valence-electron chi connectivity index (χ0n) is 18.7. The first kappa shape index (κ1) is 23.4. The number of carbonyl (C=O) groups excluding carboxylic acids is 1. The molecule has 0 aliphatic heterocycles. The van der Waals surface area contributed by atoms with E-state index in [9.17, 15) is 14.9 Å². The van der Waals surface area contributed by atoms with Crippen LogP contribution in [-0.2, 0) is 11.3 Å². The summed E-state index contributed by atoms with van der Waals surface area (Å²) in [7, 11) is 0. The molecule has 0 aliphatic rings. The number of hydrogen-bond acceptors (Lipinski definition) is 5. The van der Waals surface area contributed by atoms with E-state index < -0.39 is 5.91 Å². The molecule has 0 radical (unpaired) electrons. The fraction of sp³-hybridized carbons (Fsp3) is 0.240. The van der Waals surface area contributed by atoms with Crippen molar-refractivity contribution in [3.8, 4) is 6.07 Å². The molecule has 0 N–H and O–H groups in total. The molecule has 0 unspecified atom stereocenters. The van der Waals surface area contributed by atoms with Crippen LogP contribution in [0.3, 0.4) is 0 Å². The number of aryl methyl sites for hydroxylation is 1. The average Bonchev–Trinajstić information content (AvgIpc) is 2.83. The smallest absolute Gasteiger partial charge is 0.278 e. The number of nitrogens with zero attached hydrogens (tertiary/aromatic N) is 5. The molecule has 0 spiro atoms. The molecule has 34 heavy (non-hydrogen) atoms. The average molecular weight is 476 g/mol. The number of ether oxygens (including phenoxy) is 1. The van der Waals surface area contributed by atoms with Crippen molar-refractivity contribution in [3.05, 3.63) is 86.7 Å². The minimum absolute atomic E-state index is 0.0644. The van der Waals surface area contributed by atoms with E-state index >= 15 is 0 Å². The van der Waals surface area contributed by atoms with Gasteiger partial charge in [-0.05, 0) is 62.7 Å². The number of pyridine rings is 2. The van der Waals surface area contributed by atoms with Gasteiger partial charge < -0.3 is 9.30 Å². The van der Waals surface area contributed by atoms with Crippen LogP contribution in [0.4, 0.5) is 0 Å². The number of fused-ring (bicyclic) bond motifs is 2. The van der Waals surface area contributed by atoms with Crippen LogP contribution in [0.1, 0.15) is 36.2 Å². The Kier molecular flexibility index (Phi) is 6.87. The van der Waals surface area contributed by atoms with Gasteiger partial charge in [0.1, 0.15) is 17.4 Å². The molecule has 3 aromatic heterocycles. The van der Waals surface area contributed by atoms with Crippen molar-refractivity contribution in [1.82, 2.24) is 14.0 Å². The lowest BCUT2D eigenvalue weighted by atomic mass is 10.2. The zero-order chi connectivity index (χ0) is 24.2. The Labute approximate surface area is 200 Å². The minimum Gasteiger partial charge on any atom is -0.379 e. The first-order valence-electron chi connectivity index (χ1n) is 10.8. The van der Waals surface area contributed by atoms with Gasteiger partial charge in [-0.3, -0.25) is 14.0 Å². The van der Waals surface area contributed by atoms with Gasteiger partial charge in [-0.15, -0.1) is 0 Å². The third kappa shape index (κ3) is 4.76. The van der Waals surface area contributed by atoms with E-state index in [0.29, 0.717) is 41.5 Å². The second-order valence-electron chi connectivity index (χ2n) is 7.93. The molecule has 1 amide bonds. The molecule has 0 bridgehead atoms. The molecular weight excluding hydrogens is 454 g/mol. The van der Waals surface area contributed by atoms with Crippen LogP contribution in [0.5, 0.6) is 0 Å². The van der Waals surface area contributed by atoms with Gasteiger partial charge in [0.15, 0.2) is 5.49 Å². The molecule has 9 heteroatoms. The van der Waals surface area contributed by atoms with Crippen LogP contribution in [-0.4, -0.2) is 32.6 Å². The highest BCUT2D eigenvalue weighted by Crippen LogP contribution is 2.13. The van der Waals surface area contributed by atoms with E-state index in [1.54, 1.807) is 53.2 Å². The number of nitriles is 1. The maximum Gasteiger partial charge on any atom is 0.278 e. The summed E-state index contributed by atoms with van der Waals surface area (Å²) in [4.78, 5) is 35.1. The summed E-state index contributed by atoms with van der Waals surface area (Å²) in [5.74, 6) is -0.530. The van der Waals surface area contributed by atoms with Crippen LogP contribution >= 0.6 is 11.6 Å². The summed E-state index contributed by atoms with van der Waals surface area (Å²) in [6.07, 6.45) is 2.26. The lowest BCUT2D eigenvalue weighted by Crippen LogP contribution is -2.30. The first-order chi connectivity index (χ1) is 16.4. The normalized spacial score (nSPS) is 11.9. The molecule has 8 nitrogen and oxygen atoms in total. The Balaban J connectivity index is 1.97. The second kappa shape index (κ2) is 10.00.